The summed E-state index contributed by atoms with van der Waals surface area (Å²) in [4.78, 5) is 6.11. The smallest absolute Gasteiger partial charge is 0.156 e. The zero-order chi connectivity index (χ0) is 10.4. The van der Waals surface area contributed by atoms with Crippen LogP contribution in [-0.2, 0) is 0 Å². The second kappa shape index (κ2) is 5.83. The second-order valence-corrected chi connectivity index (χ2v) is 3.46. The highest BCUT2D eigenvalue weighted by Crippen LogP contribution is 2.21. The van der Waals surface area contributed by atoms with Gasteiger partial charge in [0, 0.05) is 12.7 Å². The molecule has 1 rings (SSSR count). The fourth-order valence-corrected chi connectivity index (χ4v) is 1.10. The zero-order valence-electron chi connectivity index (χ0n) is 8.53. The molecule has 0 unspecified atom stereocenters. The maximum atomic E-state index is 5.89. The van der Waals surface area contributed by atoms with Gasteiger partial charge in [0.1, 0.15) is 6.61 Å². The Balaban J connectivity index is 2.35. The zero-order valence-corrected chi connectivity index (χ0v) is 9.29. The van der Waals surface area contributed by atoms with Crippen molar-refractivity contribution < 1.29 is 4.74 Å². The number of nitrogens with zero attached hydrogens (tertiary/aromatic N) is 2. The first-order valence-electron chi connectivity index (χ1n) is 4.65. The van der Waals surface area contributed by atoms with Gasteiger partial charge in [-0.05, 0) is 19.7 Å². The van der Waals surface area contributed by atoms with E-state index in [0.717, 1.165) is 13.1 Å². The summed E-state index contributed by atoms with van der Waals surface area (Å²) in [6.45, 7) is 4.65. The van der Waals surface area contributed by atoms with Gasteiger partial charge in [-0.1, -0.05) is 18.5 Å². The topological polar surface area (TPSA) is 25.4 Å². The fourth-order valence-electron chi connectivity index (χ4n) is 0.939. The molecule has 0 fully saturated rings. The molecule has 0 N–H and O–H groups in total. The standard InChI is InChI=1S/C10H15ClN2O/c1-3-13(2)6-7-14-10-8-12-5-4-9(10)11/h4-5,8H,3,6-7H2,1-2H3. The molecule has 0 amide bonds. The minimum Gasteiger partial charge on any atom is -0.489 e. The molecule has 1 aromatic rings. The Morgan fingerprint density at radius 1 is 1.57 bits per heavy atom. The lowest BCUT2D eigenvalue weighted by Gasteiger charge is -2.14. The average Bonchev–Trinajstić information content (AvgIpc) is 2.20. The molecule has 0 aliphatic heterocycles. The SMILES string of the molecule is CCN(C)CCOc1cnccc1Cl. The summed E-state index contributed by atoms with van der Waals surface area (Å²) in [5.74, 6) is 0.652. The average molecular weight is 215 g/mol. The Hall–Kier alpha value is -0.800. The molecule has 3 nitrogen and oxygen atoms in total. The van der Waals surface area contributed by atoms with Gasteiger partial charge in [-0.25, -0.2) is 0 Å². The number of halogens is 1. The van der Waals surface area contributed by atoms with Crippen LogP contribution in [0.2, 0.25) is 5.02 Å². The van der Waals surface area contributed by atoms with E-state index in [2.05, 4.69) is 16.8 Å². The first-order valence-corrected chi connectivity index (χ1v) is 5.02. The van der Waals surface area contributed by atoms with Crippen molar-refractivity contribution in [3.8, 4) is 5.75 Å². The molecule has 14 heavy (non-hydrogen) atoms. The summed E-state index contributed by atoms with van der Waals surface area (Å²) in [7, 11) is 2.05. The fraction of sp³-hybridized carbons (Fsp3) is 0.500. The van der Waals surface area contributed by atoms with E-state index in [1.807, 2.05) is 7.05 Å². The Labute approximate surface area is 89.7 Å². The molecule has 4 heteroatoms. The van der Waals surface area contributed by atoms with E-state index in [1.54, 1.807) is 18.5 Å². The number of ether oxygens (including phenoxy) is 1. The molecule has 0 spiro atoms. The number of rotatable bonds is 5. The first kappa shape index (κ1) is 11.3. The van der Waals surface area contributed by atoms with Gasteiger partial charge in [-0.15, -0.1) is 0 Å². The Morgan fingerprint density at radius 2 is 2.36 bits per heavy atom. The van der Waals surface area contributed by atoms with Crippen LogP contribution in [0.5, 0.6) is 5.75 Å². The predicted octanol–water partition coefficient (Wildman–Crippen LogP) is 2.07. The van der Waals surface area contributed by atoms with Crippen LogP contribution >= 0.6 is 11.6 Å². The van der Waals surface area contributed by atoms with Crippen molar-refractivity contribution >= 4 is 11.6 Å². The number of hydrogen-bond donors (Lipinski definition) is 0. The van der Waals surface area contributed by atoms with Crippen molar-refractivity contribution in [1.82, 2.24) is 9.88 Å². The summed E-state index contributed by atoms with van der Waals surface area (Å²) < 4.78 is 5.47. The third-order valence-electron chi connectivity index (χ3n) is 2.00. The quantitative estimate of drug-likeness (QED) is 0.751. The van der Waals surface area contributed by atoms with E-state index in [1.165, 1.54) is 0 Å². The van der Waals surface area contributed by atoms with Crippen molar-refractivity contribution in [1.29, 1.82) is 0 Å². The molecular weight excluding hydrogens is 200 g/mol. The molecule has 0 aliphatic rings. The van der Waals surface area contributed by atoms with Crippen LogP contribution in [-0.4, -0.2) is 36.6 Å². The van der Waals surface area contributed by atoms with Crippen LogP contribution in [0.25, 0.3) is 0 Å². The summed E-state index contributed by atoms with van der Waals surface area (Å²) >= 11 is 5.89. The predicted molar refractivity (Wildman–Crippen MR) is 57.9 cm³/mol. The van der Waals surface area contributed by atoms with Crippen LogP contribution in [0.4, 0.5) is 0 Å². The lowest BCUT2D eigenvalue weighted by Crippen LogP contribution is -2.23. The normalized spacial score (nSPS) is 10.6. The molecule has 0 saturated carbocycles. The molecular formula is C10H15ClN2O. The summed E-state index contributed by atoms with van der Waals surface area (Å²) in [5, 5.41) is 0.610. The molecule has 0 atom stereocenters. The van der Waals surface area contributed by atoms with Gasteiger partial charge in [0.25, 0.3) is 0 Å². The van der Waals surface area contributed by atoms with E-state index in [4.69, 9.17) is 16.3 Å². The lowest BCUT2D eigenvalue weighted by molar-refractivity contribution is 0.243. The highest BCUT2D eigenvalue weighted by Gasteiger charge is 2.00. The number of hydrogen-bond acceptors (Lipinski definition) is 3. The van der Waals surface area contributed by atoms with Crippen LogP contribution < -0.4 is 4.74 Å². The molecule has 0 radical (unpaired) electrons. The molecule has 0 saturated heterocycles. The third kappa shape index (κ3) is 3.52. The Morgan fingerprint density at radius 3 is 3.00 bits per heavy atom. The molecule has 0 aliphatic carbocycles. The number of aromatic nitrogens is 1. The Bertz CT molecular complexity index is 281. The second-order valence-electron chi connectivity index (χ2n) is 3.05. The highest BCUT2D eigenvalue weighted by atomic mass is 35.5. The van der Waals surface area contributed by atoms with Gasteiger partial charge in [0.05, 0.1) is 11.2 Å². The van der Waals surface area contributed by atoms with Gasteiger partial charge < -0.3 is 9.64 Å². The van der Waals surface area contributed by atoms with Crippen molar-refractivity contribution in [3.05, 3.63) is 23.5 Å². The lowest BCUT2D eigenvalue weighted by atomic mass is 10.4. The molecule has 1 aromatic heterocycles. The maximum Gasteiger partial charge on any atom is 0.156 e. The highest BCUT2D eigenvalue weighted by molar-refractivity contribution is 6.31. The minimum atomic E-state index is 0.610. The molecule has 0 aromatic carbocycles. The van der Waals surface area contributed by atoms with Gasteiger partial charge in [0.15, 0.2) is 5.75 Å². The van der Waals surface area contributed by atoms with E-state index in [-0.39, 0.29) is 0 Å². The van der Waals surface area contributed by atoms with E-state index in [9.17, 15) is 0 Å². The Kier molecular flexibility index (Phi) is 4.70. The van der Waals surface area contributed by atoms with E-state index >= 15 is 0 Å². The van der Waals surface area contributed by atoms with E-state index in [0.29, 0.717) is 17.4 Å². The first-order chi connectivity index (χ1) is 6.74. The number of likely N-dealkylation sites (N-methyl/N-ethyl adjacent to an activating group) is 1. The van der Waals surface area contributed by atoms with Gasteiger partial charge in [0.2, 0.25) is 0 Å². The molecule has 78 valence electrons. The van der Waals surface area contributed by atoms with Crippen LogP contribution in [0.15, 0.2) is 18.5 Å². The third-order valence-corrected chi connectivity index (χ3v) is 2.32. The maximum absolute atomic E-state index is 5.89. The van der Waals surface area contributed by atoms with Gasteiger partial charge in [-0.2, -0.15) is 0 Å². The van der Waals surface area contributed by atoms with Crippen molar-refractivity contribution in [2.24, 2.45) is 0 Å². The summed E-state index contributed by atoms with van der Waals surface area (Å²) in [6.07, 6.45) is 3.28. The van der Waals surface area contributed by atoms with Crippen LogP contribution in [0.1, 0.15) is 6.92 Å². The van der Waals surface area contributed by atoms with E-state index < -0.39 is 0 Å². The van der Waals surface area contributed by atoms with Crippen molar-refractivity contribution in [2.75, 3.05) is 26.7 Å². The van der Waals surface area contributed by atoms with Crippen LogP contribution in [0, 0.1) is 0 Å². The van der Waals surface area contributed by atoms with Crippen molar-refractivity contribution in [2.45, 2.75) is 6.92 Å². The number of pyridine rings is 1. The van der Waals surface area contributed by atoms with Crippen LogP contribution in [0.3, 0.4) is 0 Å². The van der Waals surface area contributed by atoms with Gasteiger partial charge in [-0.3, -0.25) is 4.98 Å². The van der Waals surface area contributed by atoms with Crippen molar-refractivity contribution in [3.63, 3.8) is 0 Å². The minimum absolute atomic E-state index is 0.610. The summed E-state index contributed by atoms with van der Waals surface area (Å²) in [6, 6.07) is 1.72. The summed E-state index contributed by atoms with van der Waals surface area (Å²) in [5.41, 5.74) is 0. The molecule has 1 heterocycles. The molecule has 0 bridgehead atoms. The largest absolute Gasteiger partial charge is 0.489 e. The van der Waals surface area contributed by atoms with Gasteiger partial charge >= 0.3 is 0 Å². The monoisotopic (exact) mass is 214 g/mol.